The average Bonchev–Trinajstić information content (AvgIpc) is 3.23. The maximum Gasteiger partial charge on any atom is 0.343 e. The van der Waals surface area contributed by atoms with Gasteiger partial charge in [-0.2, -0.15) is 9.78 Å². The molecule has 0 saturated heterocycles. The van der Waals surface area contributed by atoms with Crippen LogP contribution in [0, 0.1) is 0 Å². The number of hydrogen-bond donors (Lipinski definition) is 1. The minimum atomic E-state index is -0.585. The van der Waals surface area contributed by atoms with E-state index in [-0.39, 0.29) is 18.0 Å². The van der Waals surface area contributed by atoms with E-state index in [4.69, 9.17) is 9.47 Å². The minimum absolute atomic E-state index is 0.135. The highest BCUT2D eigenvalue weighted by Gasteiger charge is 2.23. The lowest BCUT2D eigenvalue weighted by Crippen LogP contribution is -2.18. The molecule has 0 aliphatic rings. The summed E-state index contributed by atoms with van der Waals surface area (Å²) in [7, 11) is 0. The molecular weight excluding hydrogens is 408 g/mol. The first-order valence-corrected chi connectivity index (χ1v) is 10.3. The van der Waals surface area contributed by atoms with Crippen LogP contribution in [0.4, 0.5) is 5.82 Å². The molecule has 2 aromatic heterocycles. The summed E-state index contributed by atoms with van der Waals surface area (Å²) in [6.45, 7) is 4.26. The van der Waals surface area contributed by atoms with Gasteiger partial charge in [0.15, 0.2) is 11.6 Å². The highest BCUT2D eigenvalue weighted by atomic mass is 16.5. The maximum absolute atomic E-state index is 13.0. The van der Waals surface area contributed by atoms with E-state index < -0.39 is 11.9 Å². The molecule has 4 rings (SSSR count). The molecular formula is C24H22N4O4. The van der Waals surface area contributed by atoms with E-state index in [0.29, 0.717) is 23.7 Å². The summed E-state index contributed by atoms with van der Waals surface area (Å²) in [4.78, 5) is 30.1. The van der Waals surface area contributed by atoms with Crippen molar-refractivity contribution in [2.24, 2.45) is 0 Å². The second-order valence-electron chi connectivity index (χ2n) is 6.82. The number of rotatable bonds is 7. The zero-order chi connectivity index (χ0) is 22.5. The fraction of sp³-hybridized carbons (Fsp3) is 0.167. The van der Waals surface area contributed by atoms with Crippen LogP contribution in [0.1, 0.15) is 34.6 Å². The predicted molar refractivity (Wildman–Crippen MR) is 120 cm³/mol. The topological polar surface area (TPSA) is 95.3 Å². The summed E-state index contributed by atoms with van der Waals surface area (Å²) >= 11 is 0. The molecule has 1 N–H and O–H groups in total. The summed E-state index contributed by atoms with van der Waals surface area (Å²) < 4.78 is 12.0. The van der Waals surface area contributed by atoms with E-state index in [2.05, 4.69) is 15.4 Å². The molecule has 8 nitrogen and oxygen atoms in total. The number of anilines is 1. The third-order valence-corrected chi connectivity index (χ3v) is 4.70. The van der Waals surface area contributed by atoms with E-state index in [1.807, 2.05) is 37.3 Å². The Kier molecular flexibility index (Phi) is 6.12. The molecule has 0 atom stereocenters. The number of nitrogens with one attached hydrogen (secondary N) is 1. The standard InChI is InChI=1S/C24H22N4O4/c1-3-31-18-10-7-9-17(14-18)23(29)27-22-19(24(30)32-4-2)15-25-28(22)21-13-12-16-8-5-6-11-20(16)26-21/h5-15H,3-4H2,1-2H3,(H,27,29). The molecule has 0 unspecified atom stereocenters. The van der Waals surface area contributed by atoms with Crippen LogP contribution >= 0.6 is 0 Å². The van der Waals surface area contributed by atoms with Gasteiger partial charge in [-0.3, -0.25) is 4.79 Å². The van der Waals surface area contributed by atoms with Gasteiger partial charge in [-0.05, 0) is 50.2 Å². The number of benzene rings is 2. The first-order chi connectivity index (χ1) is 15.6. The summed E-state index contributed by atoms with van der Waals surface area (Å²) in [5.74, 6) is 0.212. The van der Waals surface area contributed by atoms with Gasteiger partial charge in [0, 0.05) is 10.9 Å². The Hall–Kier alpha value is -4.20. The van der Waals surface area contributed by atoms with Gasteiger partial charge in [-0.1, -0.05) is 24.3 Å². The van der Waals surface area contributed by atoms with Gasteiger partial charge in [-0.15, -0.1) is 0 Å². The Morgan fingerprint density at radius 1 is 1.00 bits per heavy atom. The molecule has 0 saturated carbocycles. The fourth-order valence-corrected chi connectivity index (χ4v) is 3.25. The Balaban J connectivity index is 1.74. The van der Waals surface area contributed by atoms with E-state index in [1.165, 1.54) is 10.9 Å². The van der Waals surface area contributed by atoms with Gasteiger partial charge < -0.3 is 14.8 Å². The van der Waals surface area contributed by atoms with Crippen LogP contribution < -0.4 is 10.1 Å². The molecule has 0 bridgehead atoms. The number of carbonyl (C=O) groups excluding carboxylic acids is 2. The number of amides is 1. The molecule has 2 heterocycles. The largest absolute Gasteiger partial charge is 0.494 e. The molecule has 0 fully saturated rings. The van der Waals surface area contributed by atoms with Crippen LogP contribution in [0.15, 0.2) is 66.9 Å². The number of para-hydroxylation sites is 1. The number of ether oxygens (including phenoxy) is 2. The third-order valence-electron chi connectivity index (χ3n) is 4.70. The average molecular weight is 430 g/mol. The first-order valence-electron chi connectivity index (χ1n) is 10.3. The summed E-state index contributed by atoms with van der Waals surface area (Å²) in [5, 5.41) is 8.07. The van der Waals surface area contributed by atoms with Crippen molar-refractivity contribution in [3.8, 4) is 11.6 Å². The second kappa shape index (κ2) is 9.30. The quantitative estimate of drug-likeness (QED) is 0.441. The number of nitrogens with zero attached hydrogens (tertiary/aromatic N) is 3. The van der Waals surface area contributed by atoms with Crippen LogP contribution in [0.5, 0.6) is 5.75 Å². The normalized spacial score (nSPS) is 10.7. The molecule has 0 radical (unpaired) electrons. The molecule has 2 aromatic carbocycles. The lowest BCUT2D eigenvalue weighted by molar-refractivity contribution is 0.0527. The fourth-order valence-electron chi connectivity index (χ4n) is 3.25. The van der Waals surface area contributed by atoms with Crippen LogP contribution in [0.25, 0.3) is 16.7 Å². The zero-order valence-electron chi connectivity index (χ0n) is 17.7. The SMILES string of the molecule is CCOC(=O)c1cnn(-c2ccc3ccccc3n2)c1NC(=O)c1cccc(OCC)c1. The predicted octanol–water partition coefficient (Wildman–Crippen LogP) is 4.25. The van der Waals surface area contributed by atoms with Gasteiger partial charge in [0.2, 0.25) is 0 Å². The summed E-state index contributed by atoms with van der Waals surface area (Å²) in [6, 6.07) is 18.1. The van der Waals surface area contributed by atoms with Gasteiger partial charge >= 0.3 is 5.97 Å². The van der Waals surface area contributed by atoms with E-state index in [1.54, 1.807) is 37.3 Å². The van der Waals surface area contributed by atoms with E-state index in [0.717, 1.165) is 10.9 Å². The molecule has 0 aliphatic heterocycles. The number of esters is 1. The highest BCUT2D eigenvalue weighted by Crippen LogP contribution is 2.23. The number of hydrogen-bond acceptors (Lipinski definition) is 6. The van der Waals surface area contributed by atoms with Crippen molar-refractivity contribution in [3.05, 3.63) is 78.0 Å². The van der Waals surface area contributed by atoms with Gasteiger partial charge in [-0.25, -0.2) is 9.78 Å². The second-order valence-corrected chi connectivity index (χ2v) is 6.82. The highest BCUT2D eigenvalue weighted by molar-refractivity contribution is 6.07. The number of fused-ring (bicyclic) bond motifs is 1. The smallest absolute Gasteiger partial charge is 0.343 e. The Bertz CT molecular complexity index is 1280. The number of pyridine rings is 1. The number of aromatic nitrogens is 3. The van der Waals surface area contributed by atoms with Crippen molar-refractivity contribution in [1.29, 1.82) is 0 Å². The van der Waals surface area contributed by atoms with Crippen LogP contribution in [-0.4, -0.2) is 39.9 Å². The van der Waals surface area contributed by atoms with Crippen molar-refractivity contribution in [1.82, 2.24) is 14.8 Å². The van der Waals surface area contributed by atoms with Crippen LogP contribution in [0.2, 0.25) is 0 Å². The van der Waals surface area contributed by atoms with Crippen molar-refractivity contribution in [3.63, 3.8) is 0 Å². The van der Waals surface area contributed by atoms with Crippen molar-refractivity contribution in [2.75, 3.05) is 18.5 Å². The van der Waals surface area contributed by atoms with Crippen molar-refractivity contribution < 1.29 is 19.1 Å². The molecule has 32 heavy (non-hydrogen) atoms. The van der Waals surface area contributed by atoms with E-state index in [9.17, 15) is 9.59 Å². The number of carbonyl (C=O) groups is 2. The lowest BCUT2D eigenvalue weighted by atomic mass is 10.2. The van der Waals surface area contributed by atoms with Crippen molar-refractivity contribution in [2.45, 2.75) is 13.8 Å². The molecule has 0 spiro atoms. The molecule has 0 aliphatic carbocycles. The lowest BCUT2D eigenvalue weighted by Gasteiger charge is -2.12. The summed E-state index contributed by atoms with van der Waals surface area (Å²) in [6.07, 6.45) is 1.36. The van der Waals surface area contributed by atoms with Crippen LogP contribution in [0.3, 0.4) is 0 Å². The van der Waals surface area contributed by atoms with Gasteiger partial charge in [0.05, 0.1) is 24.9 Å². The molecule has 162 valence electrons. The van der Waals surface area contributed by atoms with Crippen molar-refractivity contribution >= 4 is 28.6 Å². The zero-order valence-corrected chi connectivity index (χ0v) is 17.7. The van der Waals surface area contributed by atoms with E-state index >= 15 is 0 Å². The Morgan fingerprint density at radius 2 is 1.84 bits per heavy atom. The first kappa shape index (κ1) is 21.0. The van der Waals surface area contributed by atoms with Gasteiger partial charge in [0.25, 0.3) is 5.91 Å². The summed E-state index contributed by atoms with van der Waals surface area (Å²) in [5.41, 5.74) is 1.28. The molecule has 8 heteroatoms. The third kappa shape index (κ3) is 4.29. The maximum atomic E-state index is 13.0. The molecule has 4 aromatic rings. The Labute approximate surface area is 184 Å². The minimum Gasteiger partial charge on any atom is -0.494 e. The molecule has 1 amide bonds. The van der Waals surface area contributed by atoms with Gasteiger partial charge in [0.1, 0.15) is 11.3 Å². The monoisotopic (exact) mass is 430 g/mol. The van der Waals surface area contributed by atoms with Crippen LogP contribution in [-0.2, 0) is 4.74 Å². The Morgan fingerprint density at radius 3 is 2.66 bits per heavy atom.